The molecule has 1 saturated heterocycles. The van der Waals surface area contributed by atoms with E-state index < -0.39 is 0 Å². The fourth-order valence-corrected chi connectivity index (χ4v) is 2.68. The number of hydrogen-bond acceptors (Lipinski definition) is 4. The van der Waals surface area contributed by atoms with Crippen LogP contribution in [-0.4, -0.2) is 34.2 Å². The van der Waals surface area contributed by atoms with E-state index in [2.05, 4.69) is 15.5 Å². The van der Waals surface area contributed by atoms with E-state index in [0.717, 1.165) is 18.7 Å². The molecule has 2 amide bonds. The summed E-state index contributed by atoms with van der Waals surface area (Å²) in [7, 11) is 0. The van der Waals surface area contributed by atoms with E-state index in [1.165, 1.54) is 0 Å². The van der Waals surface area contributed by atoms with E-state index in [1.807, 2.05) is 0 Å². The number of benzene rings is 1. The largest absolute Gasteiger partial charge is 0.339 e. The van der Waals surface area contributed by atoms with Crippen molar-refractivity contribution in [2.75, 3.05) is 18.4 Å². The third kappa shape index (κ3) is 2.66. The highest BCUT2D eigenvalue weighted by Gasteiger charge is 2.37. The van der Waals surface area contributed by atoms with Crippen LogP contribution in [0.25, 0.3) is 0 Å². The molecular formula is C15H15ClN4O2. The van der Waals surface area contributed by atoms with Crippen LogP contribution >= 0.6 is 11.6 Å². The average molecular weight is 319 g/mol. The summed E-state index contributed by atoms with van der Waals surface area (Å²) in [6, 6.07) is 6.95. The Labute approximate surface area is 132 Å². The van der Waals surface area contributed by atoms with Crippen molar-refractivity contribution < 1.29 is 9.32 Å². The van der Waals surface area contributed by atoms with Gasteiger partial charge in [-0.3, -0.25) is 0 Å². The predicted octanol–water partition coefficient (Wildman–Crippen LogP) is 3.23. The lowest BCUT2D eigenvalue weighted by Crippen LogP contribution is -2.50. The number of carbonyl (C=O) groups is 1. The first-order valence-electron chi connectivity index (χ1n) is 7.34. The van der Waals surface area contributed by atoms with Crippen LogP contribution in [-0.2, 0) is 0 Å². The Morgan fingerprint density at radius 3 is 2.86 bits per heavy atom. The number of amides is 2. The van der Waals surface area contributed by atoms with E-state index in [1.54, 1.807) is 29.2 Å². The van der Waals surface area contributed by atoms with Crippen molar-refractivity contribution >= 4 is 23.3 Å². The Balaban J connectivity index is 1.33. The number of carbonyl (C=O) groups excluding carboxylic acids is 1. The smallest absolute Gasteiger partial charge is 0.321 e. The molecule has 0 atom stereocenters. The number of urea groups is 1. The number of anilines is 1. The highest BCUT2D eigenvalue weighted by molar-refractivity contribution is 6.30. The van der Waals surface area contributed by atoms with Gasteiger partial charge in [0.25, 0.3) is 0 Å². The van der Waals surface area contributed by atoms with E-state index >= 15 is 0 Å². The Kier molecular flexibility index (Phi) is 3.26. The van der Waals surface area contributed by atoms with Gasteiger partial charge >= 0.3 is 6.03 Å². The molecule has 1 aliphatic carbocycles. The van der Waals surface area contributed by atoms with Crippen molar-refractivity contribution in [1.29, 1.82) is 0 Å². The third-order valence-electron chi connectivity index (χ3n) is 3.99. The molecule has 2 aromatic rings. The topological polar surface area (TPSA) is 71.3 Å². The van der Waals surface area contributed by atoms with Crippen molar-refractivity contribution in [1.82, 2.24) is 15.0 Å². The molecule has 6 nitrogen and oxygen atoms in total. The van der Waals surface area contributed by atoms with Gasteiger partial charge < -0.3 is 14.7 Å². The van der Waals surface area contributed by atoms with Gasteiger partial charge in [0.2, 0.25) is 5.89 Å². The van der Waals surface area contributed by atoms with Crippen LogP contribution in [0, 0.1) is 0 Å². The second-order valence-electron chi connectivity index (χ2n) is 5.81. The summed E-state index contributed by atoms with van der Waals surface area (Å²) in [5, 5.41) is 7.43. The molecule has 1 saturated carbocycles. The number of hydrogen-bond donors (Lipinski definition) is 1. The van der Waals surface area contributed by atoms with Crippen LogP contribution in [0.2, 0.25) is 5.02 Å². The van der Waals surface area contributed by atoms with Crippen molar-refractivity contribution in [3.8, 4) is 0 Å². The maximum atomic E-state index is 12.1. The molecule has 1 N–H and O–H groups in total. The summed E-state index contributed by atoms with van der Waals surface area (Å²) in [6.07, 6.45) is 2.30. The van der Waals surface area contributed by atoms with Crippen LogP contribution in [0.4, 0.5) is 10.5 Å². The monoisotopic (exact) mass is 318 g/mol. The summed E-state index contributed by atoms with van der Waals surface area (Å²) < 4.78 is 5.30. The van der Waals surface area contributed by atoms with Gasteiger partial charge in [-0.1, -0.05) is 22.8 Å². The first-order chi connectivity index (χ1) is 10.7. The molecule has 0 unspecified atom stereocenters. The zero-order chi connectivity index (χ0) is 15.1. The van der Waals surface area contributed by atoms with Crippen LogP contribution in [0.3, 0.4) is 0 Å². The number of likely N-dealkylation sites (tertiary alicyclic amines) is 1. The van der Waals surface area contributed by atoms with Crippen LogP contribution < -0.4 is 5.32 Å². The quantitative estimate of drug-likeness (QED) is 0.943. The normalized spacial score (nSPS) is 18.1. The molecule has 4 rings (SSSR count). The molecule has 0 bridgehead atoms. The second kappa shape index (κ2) is 5.28. The fourth-order valence-electron chi connectivity index (χ4n) is 2.49. The lowest BCUT2D eigenvalue weighted by molar-refractivity contribution is 0.147. The Bertz CT molecular complexity index is 707. The highest BCUT2D eigenvalue weighted by Crippen LogP contribution is 2.39. The SMILES string of the molecule is O=C(Nc1cccc(Cl)c1)N1CC(c2nc(C3CC3)no2)C1. The Hall–Kier alpha value is -2.08. The molecule has 22 heavy (non-hydrogen) atoms. The van der Waals surface area contributed by atoms with Crippen LogP contribution in [0.15, 0.2) is 28.8 Å². The maximum absolute atomic E-state index is 12.1. The summed E-state index contributed by atoms with van der Waals surface area (Å²) in [5.41, 5.74) is 0.690. The summed E-state index contributed by atoms with van der Waals surface area (Å²) >= 11 is 5.90. The van der Waals surface area contributed by atoms with Crippen molar-refractivity contribution in [3.05, 3.63) is 41.0 Å². The van der Waals surface area contributed by atoms with Gasteiger partial charge in [-0.05, 0) is 31.0 Å². The zero-order valence-corrected chi connectivity index (χ0v) is 12.6. The number of aromatic nitrogens is 2. The lowest BCUT2D eigenvalue weighted by Gasteiger charge is -2.36. The first-order valence-corrected chi connectivity index (χ1v) is 7.72. The van der Waals surface area contributed by atoms with Gasteiger partial charge in [-0.25, -0.2) is 4.79 Å². The molecule has 114 valence electrons. The van der Waals surface area contributed by atoms with Gasteiger partial charge in [-0.15, -0.1) is 0 Å². The average Bonchev–Trinajstić information content (AvgIpc) is 3.17. The summed E-state index contributed by atoms with van der Waals surface area (Å²) in [6.45, 7) is 1.19. The number of nitrogens with one attached hydrogen (secondary N) is 1. The standard InChI is InChI=1S/C15H15ClN4O2/c16-11-2-1-3-12(6-11)17-15(21)20-7-10(8-20)14-18-13(19-22-14)9-4-5-9/h1-3,6,9-10H,4-5,7-8H2,(H,17,21). The number of rotatable bonds is 3. The fraction of sp³-hybridized carbons (Fsp3) is 0.400. The first kappa shape index (κ1) is 13.6. The van der Waals surface area contributed by atoms with Gasteiger partial charge in [0, 0.05) is 29.7 Å². The van der Waals surface area contributed by atoms with Gasteiger partial charge in [0.05, 0.1) is 5.92 Å². The molecule has 1 aliphatic heterocycles. The number of nitrogens with zero attached hydrogens (tertiary/aromatic N) is 3. The molecule has 0 spiro atoms. The number of halogens is 1. The second-order valence-corrected chi connectivity index (χ2v) is 6.24. The van der Waals surface area contributed by atoms with E-state index in [-0.39, 0.29) is 11.9 Å². The highest BCUT2D eigenvalue weighted by atomic mass is 35.5. The maximum Gasteiger partial charge on any atom is 0.321 e. The van der Waals surface area contributed by atoms with Crippen molar-refractivity contribution in [2.24, 2.45) is 0 Å². The Morgan fingerprint density at radius 2 is 2.14 bits per heavy atom. The zero-order valence-electron chi connectivity index (χ0n) is 11.8. The molecule has 0 radical (unpaired) electrons. The van der Waals surface area contributed by atoms with E-state index in [4.69, 9.17) is 16.1 Å². The molecular weight excluding hydrogens is 304 g/mol. The van der Waals surface area contributed by atoms with Crippen LogP contribution in [0.1, 0.15) is 36.4 Å². The summed E-state index contributed by atoms with van der Waals surface area (Å²) in [4.78, 5) is 18.3. The van der Waals surface area contributed by atoms with Gasteiger partial charge in [0.1, 0.15) is 0 Å². The molecule has 7 heteroatoms. The third-order valence-corrected chi connectivity index (χ3v) is 4.23. The van der Waals surface area contributed by atoms with Crippen molar-refractivity contribution in [2.45, 2.75) is 24.7 Å². The summed E-state index contributed by atoms with van der Waals surface area (Å²) in [5.74, 6) is 2.09. The van der Waals surface area contributed by atoms with E-state index in [0.29, 0.717) is 35.6 Å². The molecule has 1 aromatic carbocycles. The molecule has 2 aliphatic rings. The van der Waals surface area contributed by atoms with Gasteiger partial charge in [-0.2, -0.15) is 4.98 Å². The minimum atomic E-state index is -0.138. The Morgan fingerprint density at radius 1 is 1.32 bits per heavy atom. The minimum Gasteiger partial charge on any atom is -0.339 e. The lowest BCUT2D eigenvalue weighted by atomic mass is 10.0. The molecule has 2 fully saturated rings. The predicted molar refractivity (Wildman–Crippen MR) is 81.1 cm³/mol. The molecule has 1 aromatic heterocycles. The van der Waals surface area contributed by atoms with Crippen LogP contribution in [0.5, 0.6) is 0 Å². The minimum absolute atomic E-state index is 0.138. The van der Waals surface area contributed by atoms with E-state index in [9.17, 15) is 4.79 Å². The molecule has 2 heterocycles. The van der Waals surface area contributed by atoms with Gasteiger partial charge in [0.15, 0.2) is 5.82 Å². The van der Waals surface area contributed by atoms with Crippen molar-refractivity contribution in [3.63, 3.8) is 0 Å².